The van der Waals surface area contributed by atoms with Crippen molar-refractivity contribution >= 4 is 23.2 Å². The number of nitro groups is 1. The lowest BCUT2D eigenvalue weighted by molar-refractivity contribution is -0.385. The number of hydrogen-bond acceptors (Lipinski definition) is 4. The van der Waals surface area contributed by atoms with Crippen molar-refractivity contribution in [3.8, 4) is 0 Å². The van der Waals surface area contributed by atoms with Crippen molar-refractivity contribution in [3.63, 3.8) is 0 Å². The van der Waals surface area contributed by atoms with Crippen molar-refractivity contribution in [3.05, 3.63) is 38.9 Å². The van der Waals surface area contributed by atoms with Gasteiger partial charge in [0.2, 0.25) is 0 Å². The minimum absolute atomic E-state index is 0.0188. The molecule has 0 aromatic heterocycles. The van der Waals surface area contributed by atoms with Crippen LogP contribution in [0.4, 0.5) is 5.69 Å². The number of rotatable bonds is 6. The van der Waals surface area contributed by atoms with E-state index >= 15 is 0 Å². The molecular weight excluding hydrogens is 282 g/mol. The van der Waals surface area contributed by atoms with Crippen LogP contribution in [0.15, 0.2) is 18.2 Å². The Bertz CT molecular complexity index is 506. The van der Waals surface area contributed by atoms with Gasteiger partial charge in [0.05, 0.1) is 4.92 Å². The fourth-order valence-electron chi connectivity index (χ4n) is 1.55. The van der Waals surface area contributed by atoms with Crippen LogP contribution in [0.1, 0.15) is 24.2 Å². The smallest absolute Gasteiger partial charge is 0.282 e. The van der Waals surface area contributed by atoms with Crippen LogP contribution in [-0.4, -0.2) is 41.9 Å². The number of benzene rings is 1. The van der Waals surface area contributed by atoms with Gasteiger partial charge in [-0.15, -0.1) is 0 Å². The van der Waals surface area contributed by atoms with Crippen LogP contribution >= 0.6 is 11.6 Å². The lowest BCUT2D eigenvalue weighted by atomic mass is 10.1. The van der Waals surface area contributed by atoms with Crippen LogP contribution in [0.5, 0.6) is 0 Å². The number of likely N-dealkylation sites (N-methyl/N-ethyl adjacent to an activating group) is 1. The van der Waals surface area contributed by atoms with Gasteiger partial charge in [-0.3, -0.25) is 14.9 Å². The Morgan fingerprint density at radius 2 is 2.15 bits per heavy atom. The van der Waals surface area contributed by atoms with Crippen molar-refractivity contribution < 1.29 is 9.72 Å². The number of nitrogens with zero attached hydrogens (tertiary/aromatic N) is 2. The molecule has 1 amide bonds. The summed E-state index contributed by atoms with van der Waals surface area (Å²) in [6.07, 6.45) is 0. The molecule has 0 atom stereocenters. The predicted octanol–water partition coefficient (Wildman–Crippen LogP) is 2.32. The van der Waals surface area contributed by atoms with Gasteiger partial charge in [0.25, 0.3) is 11.6 Å². The molecule has 0 saturated heterocycles. The van der Waals surface area contributed by atoms with Gasteiger partial charge in [-0.25, -0.2) is 0 Å². The summed E-state index contributed by atoms with van der Waals surface area (Å²) >= 11 is 5.78. The molecule has 0 spiro atoms. The zero-order valence-electron chi connectivity index (χ0n) is 11.7. The Morgan fingerprint density at radius 3 is 2.70 bits per heavy atom. The van der Waals surface area contributed by atoms with Gasteiger partial charge in [0.15, 0.2) is 0 Å². The molecule has 20 heavy (non-hydrogen) atoms. The molecule has 1 N–H and O–H groups in total. The predicted molar refractivity (Wildman–Crippen MR) is 78.2 cm³/mol. The average Bonchev–Trinajstić information content (AvgIpc) is 2.37. The second-order valence-corrected chi connectivity index (χ2v) is 5.19. The van der Waals surface area contributed by atoms with Crippen LogP contribution in [0.2, 0.25) is 5.02 Å². The molecule has 0 aliphatic rings. The zero-order valence-corrected chi connectivity index (χ0v) is 12.5. The molecular formula is C13H18ClN3O3. The molecule has 7 heteroatoms. The van der Waals surface area contributed by atoms with Crippen LogP contribution < -0.4 is 5.32 Å². The minimum Gasteiger partial charge on any atom is -0.351 e. The highest BCUT2D eigenvalue weighted by atomic mass is 35.5. The van der Waals surface area contributed by atoms with E-state index < -0.39 is 10.8 Å². The second-order valence-electron chi connectivity index (χ2n) is 4.75. The summed E-state index contributed by atoms with van der Waals surface area (Å²) in [4.78, 5) is 24.3. The van der Waals surface area contributed by atoms with Gasteiger partial charge in [-0.05, 0) is 33.0 Å². The van der Waals surface area contributed by atoms with Crippen LogP contribution in [-0.2, 0) is 0 Å². The monoisotopic (exact) mass is 299 g/mol. The van der Waals surface area contributed by atoms with E-state index in [4.69, 9.17) is 11.6 Å². The van der Waals surface area contributed by atoms with E-state index in [1.807, 2.05) is 20.9 Å². The standard InChI is InChI=1S/C13H18ClN3O3/c1-9(2)16(3)7-6-15-13(18)11-8-10(14)4-5-12(11)17(19)20/h4-5,8-9H,6-7H2,1-3H3,(H,15,18). The molecule has 0 fully saturated rings. The maximum absolute atomic E-state index is 12.0. The van der Waals surface area contributed by atoms with E-state index in [1.54, 1.807) is 0 Å². The topological polar surface area (TPSA) is 75.5 Å². The third-order valence-corrected chi connectivity index (χ3v) is 3.27. The number of nitro benzene ring substituents is 1. The molecule has 1 aromatic rings. The van der Waals surface area contributed by atoms with E-state index in [9.17, 15) is 14.9 Å². The van der Waals surface area contributed by atoms with Gasteiger partial charge in [0, 0.05) is 30.2 Å². The van der Waals surface area contributed by atoms with Crippen LogP contribution in [0.25, 0.3) is 0 Å². The lowest BCUT2D eigenvalue weighted by Crippen LogP contribution is -2.36. The van der Waals surface area contributed by atoms with Gasteiger partial charge in [-0.1, -0.05) is 11.6 Å². The fraction of sp³-hybridized carbons (Fsp3) is 0.462. The second kappa shape index (κ2) is 7.21. The van der Waals surface area contributed by atoms with Crippen molar-refractivity contribution in [1.82, 2.24) is 10.2 Å². The molecule has 0 aliphatic carbocycles. The van der Waals surface area contributed by atoms with Crippen molar-refractivity contribution in [2.45, 2.75) is 19.9 Å². The van der Waals surface area contributed by atoms with E-state index in [0.29, 0.717) is 24.2 Å². The Morgan fingerprint density at radius 1 is 1.50 bits per heavy atom. The molecule has 0 unspecified atom stereocenters. The summed E-state index contributed by atoms with van der Waals surface area (Å²) in [5.74, 6) is -0.489. The Hall–Kier alpha value is -1.66. The highest BCUT2D eigenvalue weighted by Gasteiger charge is 2.20. The van der Waals surface area contributed by atoms with Gasteiger partial charge < -0.3 is 10.2 Å². The summed E-state index contributed by atoms with van der Waals surface area (Å²) in [5.41, 5.74) is -0.265. The minimum atomic E-state index is -0.592. The molecule has 1 aromatic carbocycles. The fourth-order valence-corrected chi connectivity index (χ4v) is 1.72. The third kappa shape index (κ3) is 4.47. The Labute approximate surface area is 122 Å². The number of carbonyl (C=O) groups excluding carboxylic acids is 1. The van der Waals surface area contributed by atoms with E-state index in [1.165, 1.54) is 18.2 Å². The molecule has 6 nitrogen and oxygen atoms in total. The molecule has 0 heterocycles. The van der Waals surface area contributed by atoms with Gasteiger partial charge in [-0.2, -0.15) is 0 Å². The Kier molecular flexibility index (Phi) is 5.91. The molecule has 110 valence electrons. The maximum atomic E-state index is 12.0. The van der Waals surface area contributed by atoms with Gasteiger partial charge in [0.1, 0.15) is 5.56 Å². The highest BCUT2D eigenvalue weighted by molar-refractivity contribution is 6.31. The first-order valence-electron chi connectivity index (χ1n) is 6.25. The molecule has 0 radical (unpaired) electrons. The van der Waals surface area contributed by atoms with Crippen LogP contribution in [0, 0.1) is 10.1 Å². The quantitative estimate of drug-likeness (QED) is 0.646. The summed E-state index contributed by atoms with van der Waals surface area (Å²) in [6, 6.07) is 4.30. The van der Waals surface area contributed by atoms with E-state index in [0.717, 1.165) is 0 Å². The summed E-state index contributed by atoms with van der Waals surface area (Å²) in [5, 5.41) is 13.8. The zero-order chi connectivity index (χ0) is 15.3. The molecule has 0 aliphatic heterocycles. The molecule has 1 rings (SSSR count). The number of hydrogen-bond donors (Lipinski definition) is 1. The Balaban J connectivity index is 2.72. The van der Waals surface area contributed by atoms with Crippen molar-refractivity contribution in [2.24, 2.45) is 0 Å². The highest BCUT2D eigenvalue weighted by Crippen LogP contribution is 2.22. The number of carbonyl (C=O) groups is 1. The van der Waals surface area contributed by atoms with Crippen molar-refractivity contribution in [2.75, 3.05) is 20.1 Å². The lowest BCUT2D eigenvalue weighted by Gasteiger charge is -2.20. The van der Waals surface area contributed by atoms with Crippen LogP contribution in [0.3, 0.4) is 0 Å². The first kappa shape index (κ1) is 16.4. The van der Waals surface area contributed by atoms with Crippen molar-refractivity contribution in [1.29, 1.82) is 0 Å². The molecule has 0 bridgehead atoms. The number of nitrogens with one attached hydrogen (secondary N) is 1. The van der Waals surface area contributed by atoms with Gasteiger partial charge >= 0.3 is 0 Å². The third-order valence-electron chi connectivity index (χ3n) is 3.03. The summed E-state index contributed by atoms with van der Waals surface area (Å²) < 4.78 is 0. The average molecular weight is 300 g/mol. The van der Waals surface area contributed by atoms with E-state index in [2.05, 4.69) is 10.2 Å². The number of amides is 1. The van der Waals surface area contributed by atoms with E-state index in [-0.39, 0.29) is 11.3 Å². The maximum Gasteiger partial charge on any atom is 0.282 e. The first-order chi connectivity index (χ1) is 9.32. The summed E-state index contributed by atoms with van der Waals surface area (Å²) in [6.45, 7) is 5.17. The number of halogens is 1. The normalized spacial score (nSPS) is 10.9. The first-order valence-corrected chi connectivity index (χ1v) is 6.63. The SMILES string of the molecule is CC(C)N(C)CCNC(=O)c1cc(Cl)ccc1[N+](=O)[O-]. The largest absolute Gasteiger partial charge is 0.351 e. The summed E-state index contributed by atoms with van der Waals surface area (Å²) in [7, 11) is 1.94. The molecule has 0 saturated carbocycles.